The lowest BCUT2D eigenvalue weighted by Gasteiger charge is -2.33. The van der Waals surface area contributed by atoms with E-state index in [4.69, 9.17) is 4.74 Å². The van der Waals surface area contributed by atoms with Crippen molar-refractivity contribution < 1.29 is 19.4 Å². The van der Waals surface area contributed by atoms with Gasteiger partial charge in [-0.1, -0.05) is 12.8 Å². The van der Waals surface area contributed by atoms with E-state index in [2.05, 4.69) is 0 Å². The van der Waals surface area contributed by atoms with Gasteiger partial charge in [0.2, 0.25) is 5.91 Å². The third-order valence-electron chi connectivity index (χ3n) is 5.17. The van der Waals surface area contributed by atoms with Crippen LogP contribution in [0.15, 0.2) is 0 Å². The summed E-state index contributed by atoms with van der Waals surface area (Å²) in [5.74, 6) is 0.196. The van der Waals surface area contributed by atoms with Crippen molar-refractivity contribution in [3.63, 3.8) is 0 Å². The Kier molecular flexibility index (Phi) is 4.48. The van der Waals surface area contributed by atoms with Gasteiger partial charge in [0.1, 0.15) is 6.04 Å². The SMILES string of the molecule is O=C(O)C1CC2CCCCC2N1C(=O)CCOCC1CC1. The number of ether oxygens (including phenoxy) is 1. The number of carbonyl (C=O) groups is 2. The lowest BCUT2D eigenvalue weighted by molar-refractivity contribution is -0.150. The molecular formula is C16H25NO4. The monoisotopic (exact) mass is 295 g/mol. The molecule has 1 N–H and O–H groups in total. The number of hydrogen-bond donors (Lipinski definition) is 1. The number of carboxylic acid groups (broad SMARTS) is 1. The van der Waals surface area contributed by atoms with Crippen LogP contribution in [-0.2, 0) is 14.3 Å². The van der Waals surface area contributed by atoms with Gasteiger partial charge in [0.15, 0.2) is 0 Å². The zero-order chi connectivity index (χ0) is 14.8. The van der Waals surface area contributed by atoms with Crippen LogP contribution >= 0.6 is 0 Å². The Morgan fingerprint density at radius 3 is 2.62 bits per heavy atom. The average molecular weight is 295 g/mol. The van der Waals surface area contributed by atoms with Gasteiger partial charge in [0.05, 0.1) is 13.0 Å². The lowest BCUT2D eigenvalue weighted by Crippen LogP contribution is -2.46. The van der Waals surface area contributed by atoms with Gasteiger partial charge in [0, 0.05) is 12.6 Å². The van der Waals surface area contributed by atoms with Crippen molar-refractivity contribution in [1.82, 2.24) is 4.90 Å². The second-order valence-electron chi connectivity index (χ2n) is 6.77. The predicted molar refractivity (Wildman–Crippen MR) is 76.8 cm³/mol. The van der Waals surface area contributed by atoms with E-state index in [1.807, 2.05) is 0 Å². The number of fused-ring (bicyclic) bond motifs is 1. The number of nitrogens with zero attached hydrogens (tertiary/aromatic N) is 1. The first kappa shape index (κ1) is 14.8. The fourth-order valence-electron chi connectivity index (χ4n) is 3.86. The fourth-order valence-corrected chi connectivity index (χ4v) is 3.86. The third-order valence-corrected chi connectivity index (χ3v) is 5.17. The number of hydrogen-bond acceptors (Lipinski definition) is 3. The topological polar surface area (TPSA) is 66.8 Å². The Bertz CT molecular complexity index is 407. The molecule has 0 spiro atoms. The van der Waals surface area contributed by atoms with Crippen molar-refractivity contribution in [3.05, 3.63) is 0 Å². The zero-order valence-electron chi connectivity index (χ0n) is 12.5. The molecule has 0 bridgehead atoms. The van der Waals surface area contributed by atoms with E-state index in [1.165, 1.54) is 19.3 Å². The summed E-state index contributed by atoms with van der Waals surface area (Å²) in [5.41, 5.74) is 0. The molecule has 0 aromatic rings. The minimum absolute atomic E-state index is 0.0346. The average Bonchev–Trinajstić information content (AvgIpc) is 3.20. The van der Waals surface area contributed by atoms with Gasteiger partial charge in [-0.2, -0.15) is 0 Å². The maximum atomic E-state index is 12.5. The molecule has 3 aliphatic rings. The zero-order valence-corrected chi connectivity index (χ0v) is 12.5. The highest BCUT2D eigenvalue weighted by atomic mass is 16.5. The summed E-state index contributed by atoms with van der Waals surface area (Å²) in [7, 11) is 0. The fraction of sp³-hybridized carbons (Fsp3) is 0.875. The van der Waals surface area contributed by atoms with Crippen LogP contribution in [0.25, 0.3) is 0 Å². The molecule has 3 rings (SSSR count). The maximum absolute atomic E-state index is 12.5. The number of carboxylic acids is 1. The predicted octanol–water partition coefficient (Wildman–Crippen LogP) is 2.05. The van der Waals surface area contributed by atoms with Crippen LogP contribution in [0.2, 0.25) is 0 Å². The van der Waals surface area contributed by atoms with E-state index in [1.54, 1.807) is 4.90 Å². The molecule has 1 saturated heterocycles. The summed E-state index contributed by atoms with van der Waals surface area (Å²) in [4.78, 5) is 25.6. The standard InChI is InChI=1S/C16H25NO4/c18-15(7-8-21-10-11-5-6-11)17-13-4-2-1-3-12(13)9-14(17)16(19)20/h11-14H,1-10H2,(H,19,20). The van der Waals surface area contributed by atoms with Crippen LogP contribution in [0.5, 0.6) is 0 Å². The minimum Gasteiger partial charge on any atom is -0.480 e. The van der Waals surface area contributed by atoms with Crippen LogP contribution in [0, 0.1) is 11.8 Å². The number of aliphatic carboxylic acids is 1. The van der Waals surface area contributed by atoms with Crippen LogP contribution in [0.4, 0.5) is 0 Å². The van der Waals surface area contributed by atoms with E-state index in [-0.39, 0.29) is 11.9 Å². The van der Waals surface area contributed by atoms with Gasteiger partial charge >= 0.3 is 5.97 Å². The first-order valence-electron chi connectivity index (χ1n) is 8.28. The first-order valence-corrected chi connectivity index (χ1v) is 8.28. The first-order chi connectivity index (χ1) is 10.2. The summed E-state index contributed by atoms with van der Waals surface area (Å²) < 4.78 is 5.52. The van der Waals surface area contributed by atoms with Crippen LogP contribution < -0.4 is 0 Å². The largest absolute Gasteiger partial charge is 0.480 e. The van der Waals surface area contributed by atoms with Gasteiger partial charge in [0.25, 0.3) is 0 Å². The molecule has 5 heteroatoms. The van der Waals surface area contributed by atoms with Crippen LogP contribution in [-0.4, -0.2) is 47.2 Å². The van der Waals surface area contributed by atoms with E-state index in [0.717, 1.165) is 25.9 Å². The van der Waals surface area contributed by atoms with Gasteiger partial charge in [-0.15, -0.1) is 0 Å². The van der Waals surface area contributed by atoms with Crippen molar-refractivity contribution in [3.8, 4) is 0 Å². The van der Waals surface area contributed by atoms with E-state index < -0.39 is 12.0 Å². The van der Waals surface area contributed by atoms with Crippen molar-refractivity contribution in [2.75, 3.05) is 13.2 Å². The molecule has 3 fully saturated rings. The lowest BCUT2D eigenvalue weighted by atomic mass is 9.84. The Morgan fingerprint density at radius 1 is 1.14 bits per heavy atom. The molecule has 1 heterocycles. The van der Waals surface area contributed by atoms with Crippen molar-refractivity contribution in [2.24, 2.45) is 11.8 Å². The summed E-state index contributed by atoms with van der Waals surface area (Å²) >= 11 is 0. The number of carbonyl (C=O) groups excluding carboxylic acids is 1. The molecule has 2 aliphatic carbocycles. The normalized spacial score (nSPS) is 32.0. The third kappa shape index (κ3) is 3.39. The van der Waals surface area contributed by atoms with Crippen LogP contribution in [0.3, 0.4) is 0 Å². The van der Waals surface area contributed by atoms with Gasteiger partial charge < -0.3 is 14.7 Å². The summed E-state index contributed by atoms with van der Waals surface area (Å²) in [6.07, 6.45) is 7.74. The Morgan fingerprint density at radius 2 is 1.90 bits per heavy atom. The van der Waals surface area contributed by atoms with Crippen molar-refractivity contribution in [1.29, 1.82) is 0 Å². The second-order valence-corrected chi connectivity index (χ2v) is 6.77. The summed E-state index contributed by atoms with van der Waals surface area (Å²) in [5, 5.41) is 9.41. The van der Waals surface area contributed by atoms with Gasteiger partial charge in [-0.3, -0.25) is 4.79 Å². The maximum Gasteiger partial charge on any atom is 0.326 e. The molecule has 0 radical (unpaired) electrons. The molecule has 5 nitrogen and oxygen atoms in total. The Hall–Kier alpha value is -1.10. The second kappa shape index (κ2) is 6.34. The molecule has 0 aromatic heterocycles. The van der Waals surface area contributed by atoms with Crippen LogP contribution in [0.1, 0.15) is 51.4 Å². The smallest absolute Gasteiger partial charge is 0.326 e. The highest BCUT2D eigenvalue weighted by molar-refractivity contribution is 5.84. The molecular weight excluding hydrogens is 270 g/mol. The molecule has 3 atom stereocenters. The molecule has 21 heavy (non-hydrogen) atoms. The number of rotatable bonds is 6. The Balaban J connectivity index is 1.56. The summed E-state index contributed by atoms with van der Waals surface area (Å²) in [6, 6.07) is -0.468. The van der Waals surface area contributed by atoms with Gasteiger partial charge in [-0.05, 0) is 43.9 Å². The number of likely N-dealkylation sites (tertiary alicyclic amines) is 1. The molecule has 2 saturated carbocycles. The molecule has 0 aromatic carbocycles. The summed E-state index contributed by atoms with van der Waals surface area (Å²) in [6.45, 7) is 1.18. The quantitative estimate of drug-likeness (QED) is 0.762. The Labute approximate surface area is 125 Å². The van der Waals surface area contributed by atoms with E-state index in [0.29, 0.717) is 31.3 Å². The molecule has 1 amide bonds. The van der Waals surface area contributed by atoms with Crippen molar-refractivity contribution >= 4 is 11.9 Å². The number of amides is 1. The molecule has 3 unspecified atom stereocenters. The highest BCUT2D eigenvalue weighted by Crippen LogP contribution is 2.40. The van der Waals surface area contributed by atoms with Crippen molar-refractivity contribution in [2.45, 2.75) is 63.5 Å². The molecule has 1 aliphatic heterocycles. The van der Waals surface area contributed by atoms with E-state index in [9.17, 15) is 14.7 Å². The molecule has 118 valence electrons. The van der Waals surface area contributed by atoms with E-state index >= 15 is 0 Å². The van der Waals surface area contributed by atoms with Gasteiger partial charge in [-0.25, -0.2) is 4.79 Å². The minimum atomic E-state index is -0.850. The highest BCUT2D eigenvalue weighted by Gasteiger charge is 2.47.